The number of likely N-dealkylation sites (tertiary alicyclic amines) is 1. The molecule has 3 heteroatoms. The SMILES string of the molecule is C[C@H](c1ccccc1)N1CC(O)C(C)(C)C1=O. The maximum atomic E-state index is 12.2. The predicted molar refractivity (Wildman–Crippen MR) is 66.4 cm³/mol. The highest BCUT2D eigenvalue weighted by atomic mass is 16.3. The molecule has 1 aliphatic heterocycles. The summed E-state index contributed by atoms with van der Waals surface area (Å²) >= 11 is 0. The second-order valence-corrected chi connectivity index (χ2v) is 5.28. The number of β-amino-alcohol motifs (C(OH)–C–C–N with tert-alkyl or cyclic N) is 1. The Morgan fingerprint density at radius 2 is 1.94 bits per heavy atom. The molecule has 1 N–H and O–H groups in total. The van der Waals surface area contributed by atoms with E-state index in [1.54, 1.807) is 18.7 Å². The van der Waals surface area contributed by atoms with E-state index in [0.29, 0.717) is 6.54 Å². The first-order valence-electron chi connectivity index (χ1n) is 5.98. The number of benzene rings is 1. The van der Waals surface area contributed by atoms with Crippen LogP contribution in [0.2, 0.25) is 0 Å². The Bertz CT molecular complexity index is 413. The third-order valence-electron chi connectivity index (χ3n) is 3.76. The Morgan fingerprint density at radius 3 is 2.41 bits per heavy atom. The second-order valence-electron chi connectivity index (χ2n) is 5.28. The summed E-state index contributed by atoms with van der Waals surface area (Å²) in [5.41, 5.74) is 0.439. The first-order valence-corrected chi connectivity index (χ1v) is 5.98. The highest BCUT2D eigenvalue weighted by Crippen LogP contribution is 2.36. The molecule has 1 fully saturated rings. The molecule has 2 rings (SSSR count). The summed E-state index contributed by atoms with van der Waals surface area (Å²) in [4.78, 5) is 14.0. The van der Waals surface area contributed by atoms with Crippen LogP contribution in [0.5, 0.6) is 0 Å². The van der Waals surface area contributed by atoms with Crippen LogP contribution >= 0.6 is 0 Å². The summed E-state index contributed by atoms with van der Waals surface area (Å²) in [6, 6.07) is 9.92. The molecule has 3 nitrogen and oxygen atoms in total. The quantitative estimate of drug-likeness (QED) is 0.848. The minimum absolute atomic E-state index is 0.0140. The van der Waals surface area contributed by atoms with Gasteiger partial charge >= 0.3 is 0 Å². The molecule has 1 heterocycles. The molecule has 92 valence electrons. The normalized spacial score (nSPS) is 25.1. The van der Waals surface area contributed by atoms with E-state index in [0.717, 1.165) is 5.56 Å². The lowest BCUT2D eigenvalue weighted by atomic mass is 9.89. The molecule has 1 aromatic rings. The van der Waals surface area contributed by atoms with Gasteiger partial charge < -0.3 is 10.0 Å². The van der Waals surface area contributed by atoms with Crippen molar-refractivity contribution in [2.24, 2.45) is 5.41 Å². The van der Waals surface area contributed by atoms with E-state index in [4.69, 9.17) is 0 Å². The number of nitrogens with zero attached hydrogens (tertiary/aromatic N) is 1. The summed E-state index contributed by atoms with van der Waals surface area (Å²) in [5, 5.41) is 9.93. The zero-order valence-electron chi connectivity index (χ0n) is 10.6. The fraction of sp³-hybridized carbons (Fsp3) is 0.500. The number of hydrogen-bond acceptors (Lipinski definition) is 2. The van der Waals surface area contributed by atoms with Crippen molar-refractivity contribution in [1.29, 1.82) is 0 Å². The van der Waals surface area contributed by atoms with Crippen LogP contribution in [0.4, 0.5) is 0 Å². The van der Waals surface area contributed by atoms with E-state index in [1.807, 2.05) is 37.3 Å². The Kier molecular flexibility index (Phi) is 2.96. The summed E-state index contributed by atoms with van der Waals surface area (Å²) in [6.45, 7) is 6.03. The molecule has 1 saturated heterocycles. The summed E-state index contributed by atoms with van der Waals surface area (Å²) in [6.07, 6.45) is -0.582. The Hall–Kier alpha value is -1.35. The summed E-state index contributed by atoms with van der Waals surface area (Å²) in [7, 11) is 0. The smallest absolute Gasteiger partial charge is 0.231 e. The van der Waals surface area contributed by atoms with Gasteiger partial charge in [0.25, 0.3) is 0 Å². The number of carbonyl (C=O) groups is 1. The largest absolute Gasteiger partial charge is 0.390 e. The van der Waals surface area contributed by atoms with E-state index in [2.05, 4.69) is 0 Å². The maximum Gasteiger partial charge on any atom is 0.231 e. The van der Waals surface area contributed by atoms with Gasteiger partial charge in [-0.3, -0.25) is 4.79 Å². The average Bonchev–Trinajstić information content (AvgIpc) is 2.53. The van der Waals surface area contributed by atoms with Crippen LogP contribution in [0.15, 0.2) is 30.3 Å². The molecule has 2 atom stereocenters. The van der Waals surface area contributed by atoms with Gasteiger partial charge in [0.15, 0.2) is 0 Å². The van der Waals surface area contributed by atoms with Crippen LogP contribution in [0.1, 0.15) is 32.4 Å². The molecule has 1 amide bonds. The molecule has 17 heavy (non-hydrogen) atoms. The van der Waals surface area contributed by atoms with Crippen molar-refractivity contribution in [2.75, 3.05) is 6.54 Å². The minimum Gasteiger partial charge on any atom is -0.390 e. The molecule has 0 radical (unpaired) electrons. The maximum absolute atomic E-state index is 12.2. The molecule has 0 aromatic heterocycles. The standard InChI is InChI=1S/C14H19NO2/c1-10(11-7-5-4-6-8-11)15-9-12(16)14(2,3)13(15)17/h4-8,10,12,16H,9H2,1-3H3/t10-,12?/m1/s1. The van der Waals surface area contributed by atoms with Gasteiger partial charge in [-0.1, -0.05) is 30.3 Å². The Balaban J connectivity index is 2.23. The molecular weight excluding hydrogens is 214 g/mol. The lowest BCUT2D eigenvalue weighted by Gasteiger charge is -2.26. The number of hydrogen-bond donors (Lipinski definition) is 1. The molecule has 0 aliphatic carbocycles. The number of rotatable bonds is 2. The zero-order valence-corrected chi connectivity index (χ0v) is 10.6. The minimum atomic E-state index is -0.664. The van der Waals surface area contributed by atoms with Crippen LogP contribution in [0, 0.1) is 5.41 Å². The number of amides is 1. The lowest BCUT2D eigenvalue weighted by molar-refractivity contribution is -0.137. The van der Waals surface area contributed by atoms with Crippen LogP contribution in [-0.4, -0.2) is 28.6 Å². The van der Waals surface area contributed by atoms with Crippen LogP contribution in [0.3, 0.4) is 0 Å². The van der Waals surface area contributed by atoms with E-state index >= 15 is 0 Å². The molecule has 0 bridgehead atoms. The van der Waals surface area contributed by atoms with Crippen molar-refractivity contribution in [3.05, 3.63) is 35.9 Å². The van der Waals surface area contributed by atoms with Gasteiger partial charge in [0, 0.05) is 6.54 Å². The van der Waals surface area contributed by atoms with Crippen molar-refractivity contribution in [1.82, 2.24) is 4.90 Å². The van der Waals surface area contributed by atoms with Crippen molar-refractivity contribution in [3.8, 4) is 0 Å². The highest BCUT2D eigenvalue weighted by Gasteiger charge is 2.47. The lowest BCUT2D eigenvalue weighted by Crippen LogP contribution is -2.34. The molecule has 0 spiro atoms. The number of aliphatic hydroxyl groups excluding tert-OH is 1. The van der Waals surface area contributed by atoms with Gasteiger partial charge in [-0.25, -0.2) is 0 Å². The monoisotopic (exact) mass is 233 g/mol. The van der Waals surface area contributed by atoms with E-state index < -0.39 is 11.5 Å². The third-order valence-corrected chi connectivity index (χ3v) is 3.76. The van der Waals surface area contributed by atoms with Crippen molar-refractivity contribution < 1.29 is 9.90 Å². The van der Waals surface area contributed by atoms with Gasteiger partial charge in [0.2, 0.25) is 5.91 Å². The Morgan fingerprint density at radius 1 is 1.35 bits per heavy atom. The third kappa shape index (κ3) is 1.95. The highest BCUT2D eigenvalue weighted by molar-refractivity contribution is 5.85. The number of aliphatic hydroxyl groups is 1. The van der Waals surface area contributed by atoms with Crippen LogP contribution in [-0.2, 0) is 4.79 Å². The van der Waals surface area contributed by atoms with Crippen LogP contribution < -0.4 is 0 Å². The average molecular weight is 233 g/mol. The fourth-order valence-corrected chi connectivity index (χ4v) is 2.26. The molecule has 1 unspecified atom stereocenters. The van der Waals surface area contributed by atoms with Gasteiger partial charge in [-0.2, -0.15) is 0 Å². The number of carbonyl (C=O) groups excluding carboxylic acids is 1. The van der Waals surface area contributed by atoms with Gasteiger partial charge in [-0.15, -0.1) is 0 Å². The van der Waals surface area contributed by atoms with Crippen LogP contribution in [0.25, 0.3) is 0 Å². The zero-order chi connectivity index (χ0) is 12.6. The fourth-order valence-electron chi connectivity index (χ4n) is 2.26. The summed E-state index contributed by atoms with van der Waals surface area (Å²) in [5.74, 6) is 0.0290. The summed E-state index contributed by atoms with van der Waals surface area (Å²) < 4.78 is 0. The molecule has 1 aliphatic rings. The molecule has 0 saturated carbocycles. The van der Waals surface area contributed by atoms with E-state index in [1.165, 1.54) is 0 Å². The van der Waals surface area contributed by atoms with Gasteiger partial charge in [-0.05, 0) is 26.3 Å². The van der Waals surface area contributed by atoms with Gasteiger partial charge in [0.05, 0.1) is 17.6 Å². The molecular formula is C14H19NO2. The molecule has 1 aromatic carbocycles. The van der Waals surface area contributed by atoms with Crippen molar-refractivity contribution in [2.45, 2.75) is 32.9 Å². The first kappa shape index (κ1) is 12.1. The predicted octanol–water partition coefficient (Wildman–Crippen LogP) is 1.98. The van der Waals surface area contributed by atoms with E-state index in [-0.39, 0.29) is 11.9 Å². The van der Waals surface area contributed by atoms with Crippen molar-refractivity contribution >= 4 is 5.91 Å². The van der Waals surface area contributed by atoms with Crippen molar-refractivity contribution in [3.63, 3.8) is 0 Å². The van der Waals surface area contributed by atoms with E-state index in [9.17, 15) is 9.90 Å². The van der Waals surface area contributed by atoms with Gasteiger partial charge in [0.1, 0.15) is 0 Å². The first-order chi connectivity index (χ1) is 7.94. The Labute approximate surface area is 102 Å². The second kappa shape index (κ2) is 4.15. The topological polar surface area (TPSA) is 40.5 Å².